The summed E-state index contributed by atoms with van der Waals surface area (Å²) in [5.41, 5.74) is 0. The predicted octanol–water partition coefficient (Wildman–Crippen LogP) is 1.11. The second-order valence-electron chi connectivity index (χ2n) is 2.48. The maximum absolute atomic E-state index is 12.5. The van der Waals surface area contributed by atoms with Crippen molar-refractivity contribution in [3.63, 3.8) is 0 Å². The summed E-state index contributed by atoms with van der Waals surface area (Å²) < 4.78 is 13.8. The average molecular weight is 179 g/mol. The van der Waals surface area contributed by atoms with Crippen LogP contribution >= 0.6 is 0 Å². The molecule has 0 bridgehead atoms. The van der Waals surface area contributed by atoms with Crippen molar-refractivity contribution in [2.45, 2.75) is 0 Å². The lowest BCUT2D eigenvalue weighted by atomic mass is 10.4. The van der Waals surface area contributed by atoms with Crippen LogP contribution in [0, 0.1) is 5.82 Å². The number of hydrogen-bond acceptors (Lipinski definition) is 3. The van der Waals surface area contributed by atoms with Crippen molar-refractivity contribution < 1.29 is 9.50 Å². The summed E-state index contributed by atoms with van der Waals surface area (Å²) in [5, 5.41) is 12.7. The number of halogens is 1. The number of aromatic nitrogens is 3. The van der Waals surface area contributed by atoms with Crippen LogP contribution in [-0.2, 0) is 0 Å². The molecule has 2 heterocycles. The first-order chi connectivity index (χ1) is 6.25. The first-order valence-corrected chi connectivity index (χ1v) is 3.61. The number of hydrogen-bond donors (Lipinski definition) is 1. The van der Waals surface area contributed by atoms with Crippen molar-refractivity contribution in [2.24, 2.45) is 0 Å². The van der Waals surface area contributed by atoms with Gasteiger partial charge in [-0.05, 0) is 12.1 Å². The molecule has 4 nitrogen and oxygen atoms in total. The molecule has 0 aliphatic rings. The van der Waals surface area contributed by atoms with Crippen molar-refractivity contribution in [3.8, 4) is 11.6 Å². The highest BCUT2D eigenvalue weighted by atomic mass is 19.1. The Morgan fingerprint density at radius 2 is 2.15 bits per heavy atom. The minimum absolute atomic E-state index is 0.0661. The molecule has 13 heavy (non-hydrogen) atoms. The highest BCUT2D eigenvalue weighted by molar-refractivity contribution is 5.26. The van der Waals surface area contributed by atoms with E-state index in [0.717, 1.165) is 6.20 Å². The molecule has 1 N–H and O–H groups in total. The van der Waals surface area contributed by atoms with E-state index in [2.05, 4.69) is 10.1 Å². The lowest BCUT2D eigenvalue weighted by molar-refractivity contribution is 0.472. The largest absolute Gasteiger partial charge is 0.506 e. The molecular weight excluding hydrogens is 173 g/mol. The van der Waals surface area contributed by atoms with E-state index in [1.165, 1.54) is 23.1 Å². The van der Waals surface area contributed by atoms with Gasteiger partial charge >= 0.3 is 0 Å². The third kappa shape index (κ3) is 1.48. The molecule has 0 aliphatic carbocycles. The van der Waals surface area contributed by atoms with Gasteiger partial charge in [-0.25, -0.2) is 14.1 Å². The first-order valence-electron chi connectivity index (χ1n) is 3.61. The van der Waals surface area contributed by atoms with Gasteiger partial charge in [0.15, 0.2) is 11.6 Å². The Labute approximate surface area is 73.3 Å². The van der Waals surface area contributed by atoms with Crippen molar-refractivity contribution in [3.05, 3.63) is 36.5 Å². The molecule has 0 saturated carbocycles. The molecule has 0 spiro atoms. The van der Waals surface area contributed by atoms with Crippen LogP contribution < -0.4 is 0 Å². The molecule has 0 amide bonds. The summed E-state index contributed by atoms with van der Waals surface area (Å²) in [6.45, 7) is 0. The molecule has 0 aliphatic heterocycles. The monoisotopic (exact) mass is 179 g/mol. The van der Waals surface area contributed by atoms with Crippen molar-refractivity contribution in [1.82, 2.24) is 14.8 Å². The zero-order valence-electron chi connectivity index (χ0n) is 6.55. The number of pyridine rings is 1. The normalized spacial score (nSPS) is 10.2. The molecule has 0 atom stereocenters. The van der Waals surface area contributed by atoms with Crippen LogP contribution in [0.1, 0.15) is 0 Å². The standard InChI is InChI=1S/C8H6FN3O/c9-6-3-11-12(5-6)8-2-1-7(13)4-10-8/h1-5,13H. The Hall–Kier alpha value is -1.91. The minimum Gasteiger partial charge on any atom is -0.506 e. The third-order valence-corrected chi connectivity index (χ3v) is 1.52. The van der Waals surface area contributed by atoms with Gasteiger partial charge in [-0.1, -0.05) is 0 Å². The second kappa shape index (κ2) is 2.85. The Morgan fingerprint density at radius 1 is 1.31 bits per heavy atom. The molecule has 0 aromatic carbocycles. The molecule has 66 valence electrons. The summed E-state index contributed by atoms with van der Waals surface area (Å²) >= 11 is 0. The quantitative estimate of drug-likeness (QED) is 0.713. The van der Waals surface area contributed by atoms with E-state index in [0.29, 0.717) is 5.82 Å². The Kier molecular flexibility index (Phi) is 1.70. The van der Waals surface area contributed by atoms with Gasteiger partial charge in [0, 0.05) is 0 Å². The van der Waals surface area contributed by atoms with Gasteiger partial charge in [0.25, 0.3) is 0 Å². The maximum atomic E-state index is 12.5. The van der Waals surface area contributed by atoms with Crippen LogP contribution in [0.15, 0.2) is 30.7 Å². The highest BCUT2D eigenvalue weighted by Crippen LogP contribution is 2.09. The van der Waals surface area contributed by atoms with Crippen molar-refractivity contribution >= 4 is 0 Å². The topological polar surface area (TPSA) is 50.9 Å². The summed E-state index contributed by atoms with van der Waals surface area (Å²) in [6.07, 6.45) is 3.57. The van der Waals surface area contributed by atoms with Gasteiger partial charge in [-0.3, -0.25) is 0 Å². The molecule has 0 fully saturated rings. The van der Waals surface area contributed by atoms with Crippen LogP contribution in [0.2, 0.25) is 0 Å². The lowest BCUT2D eigenvalue weighted by Gasteiger charge is -1.98. The molecule has 0 radical (unpaired) electrons. The summed E-state index contributed by atoms with van der Waals surface area (Å²) in [7, 11) is 0. The molecule has 0 saturated heterocycles. The number of nitrogens with zero attached hydrogens (tertiary/aromatic N) is 3. The molecule has 2 rings (SSSR count). The Morgan fingerprint density at radius 3 is 2.69 bits per heavy atom. The number of aromatic hydroxyl groups is 1. The lowest BCUT2D eigenvalue weighted by Crippen LogP contribution is -1.96. The van der Waals surface area contributed by atoms with Crippen molar-refractivity contribution in [1.29, 1.82) is 0 Å². The van der Waals surface area contributed by atoms with Gasteiger partial charge in [0.05, 0.1) is 18.6 Å². The second-order valence-corrected chi connectivity index (χ2v) is 2.48. The van der Waals surface area contributed by atoms with E-state index in [9.17, 15) is 4.39 Å². The Bertz CT molecular complexity index is 410. The molecule has 5 heteroatoms. The fourth-order valence-electron chi connectivity index (χ4n) is 0.940. The van der Waals surface area contributed by atoms with Crippen LogP contribution in [0.3, 0.4) is 0 Å². The summed E-state index contributed by atoms with van der Waals surface area (Å²) in [6, 6.07) is 3.00. The zero-order chi connectivity index (χ0) is 9.26. The average Bonchev–Trinajstić information content (AvgIpc) is 2.53. The zero-order valence-corrected chi connectivity index (χ0v) is 6.55. The van der Waals surface area contributed by atoms with Gasteiger partial charge in [0.1, 0.15) is 5.75 Å². The van der Waals surface area contributed by atoms with Crippen LogP contribution in [0.25, 0.3) is 5.82 Å². The van der Waals surface area contributed by atoms with E-state index < -0.39 is 5.82 Å². The van der Waals surface area contributed by atoms with E-state index in [-0.39, 0.29) is 5.75 Å². The van der Waals surface area contributed by atoms with Crippen LogP contribution in [0.4, 0.5) is 4.39 Å². The van der Waals surface area contributed by atoms with E-state index in [1.807, 2.05) is 0 Å². The number of rotatable bonds is 1. The summed E-state index contributed by atoms with van der Waals surface area (Å²) in [5.74, 6) is 0.105. The smallest absolute Gasteiger partial charge is 0.161 e. The van der Waals surface area contributed by atoms with E-state index in [1.54, 1.807) is 6.07 Å². The maximum Gasteiger partial charge on any atom is 0.161 e. The highest BCUT2D eigenvalue weighted by Gasteiger charge is 2.00. The Balaban J connectivity index is 2.41. The minimum atomic E-state index is -0.421. The van der Waals surface area contributed by atoms with Crippen LogP contribution in [0.5, 0.6) is 5.75 Å². The van der Waals surface area contributed by atoms with E-state index in [4.69, 9.17) is 5.11 Å². The first kappa shape index (κ1) is 7.72. The summed E-state index contributed by atoms with van der Waals surface area (Å²) in [4.78, 5) is 3.85. The van der Waals surface area contributed by atoms with Gasteiger partial charge in [-0.2, -0.15) is 5.10 Å². The van der Waals surface area contributed by atoms with Crippen molar-refractivity contribution in [2.75, 3.05) is 0 Å². The SMILES string of the molecule is Oc1ccc(-n2cc(F)cn2)nc1. The molecule has 2 aromatic heterocycles. The molecular formula is C8H6FN3O. The molecule has 2 aromatic rings. The fourth-order valence-corrected chi connectivity index (χ4v) is 0.940. The third-order valence-electron chi connectivity index (χ3n) is 1.52. The predicted molar refractivity (Wildman–Crippen MR) is 43.0 cm³/mol. The van der Waals surface area contributed by atoms with E-state index >= 15 is 0 Å². The van der Waals surface area contributed by atoms with Crippen LogP contribution in [-0.4, -0.2) is 19.9 Å². The van der Waals surface area contributed by atoms with Gasteiger partial charge < -0.3 is 5.11 Å². The fraction of sp³-hybridized carbons (Fsp3) is 0. The van der Waals surface area contributed by atoms with Gasteiger partial charge in [-0.15, -0.1) is 0 Å². The molecule has 0 unspecified atom stereocenters. The van der Waals surface area contributed by atoms with Gasteiger partial charge in [0.2, 0.25) is 0 Å².